The molecule has 0 spiro atoms. The zero-order chi connectivity index (χ0) is 18.6. The van der Waals surface area contributed by atoms with Crippen molar-refractivity contribution in [1.29, 1.82) is 0 Å². The maximum absolute atomic E-state index is 12.9. The van der Waals surface area contributed by atoms with Gasteiger partial charge in [0.1, 0.15) is 0 Å². The van der Waals surface area contributed by atoms with E-state index in [1.54, 1.807) is 36.4 Å². The number of benzene rings is 2. The molecule has 1 aliphatic heterocycles. The maximum atomic E-state index is 12.9. The number of piperidine rings is 1. The second-order valence-corrected chi connectivity index (χ2v) is 8.32. The lowest BCUT2D eigenvalue weighted by atomic mass is 9.97. The van der Waals surface area contributed by atoms with Crippen LogP contribution in [0.2, 0.25) is 0 Å². The molecule has 0 aromatic heterocycles. The predicted octanol–water partition coefficient (Wildman–Crippen LogP) is 2.87. The van der Waals surface area contributed by atoms with E-state index in [0.29, 0.717) is 11.4 Å². The number of para-hydroxylation sites is 1. The molecule has 1 amide bonds. The number of rotatable bonds is 5. The van der Waals surface area contributed by atoms with Crippen LogP contribution in [-0.2, 0) is 14.8 Å². The molecule has 8 heteroatoms. The second kappa shape index (κ2) is 9.21. The Morgan fingerprint density at radius 3 is 2.41 bits per heavy atom. The smallest absolute Gasteiger partial charge is 0.264 e. The van der Waals surface area contributed by atoms with Crippen LogP contribution in [0.15, 0.2) is 59.5 Å². The van der Waals surface area contributed by atoms with E-state index in [4.69, 9.17) is 0 Å². The van der Waals surface area contributed by atoms with Crippen LogP contribution in [0.4, 0.5) is 11.4 Å². The molecule has 0 saturated carbocycles. The van der Waals surface area contributed by atoms with E-state index in [-0.39, 0.29) is 29.1 Å². The highest BCUT2D eigenvalue weighted by molar-refractivity contribution is 7.92. The summed E-state index contributed by atoms with van der Waals surface area (Å²) in [6, 6.07) is 15.3. The first-order chi connectivity index (χ1) is 12.5. The van der Waals surface area contributed by atoms with E-state index >= 15 is 0 Å². The van der Waals surface area contributed by atoms with Crippen molar-refractivity contribution in [3.8, 4) is 0 Å². The van der Waals surface area contributed by atoms with E-state index in [2.05, 4.69) is 10.6 Å². The van der Waals surface area contributed by atoms with Crippen molar-refractivity contribution in [3.05, 3.63) is 54.6 Å². The molecule has 146 valence electrons. The van der Waals surface area contributed by atoms with E-state index in [1.807, 2.05) is 6.07 Å². The minimum Gasteiger partial charge on any atom is -0.326 e. The molecule has 27 heavy (non-hydrogen) atoms. The summed E-state index contributed by atoms with van der Waals surface area (Å²) in [7, 11) is -2.18. The molecule has 3 rings (SSSR count). The average molecular weight is 410 g/mol. The van der Waals surface area contributed by atoms with Gasteiger partial charge in [-0.3, -0.25) is 9.10 Å². The number of nitrogens with zero attached hydrogens (tertiary/aromatic N) is 1. The summed E-state index contributed by atoms with van der Waals surface area (Å²) < 4.78 is 27.0. The van der Waals surface area contributed by atoms with Crippen LogP contribution in [0.1, 0.15) is 12.8 Å². The van der Waals surface area contributed by atoms with Gasteiger partial charge in [-0.1, -0.05) is 24.3 Å². The summed E-state index contributed by atoms with van der Waals surface area (Å²) in [5.74, 6) is -0.0963. The third-order valence-electron chi connectivity index (χ3n) is 4.59. The molecular formula is C19H24ClN3O3S. The van der Waals surface area contributed by atoms with Crippen LogP contribution in [0.3, 0.4) is 0 Å². The first-order valence-corrected chi connectivity index (χ1v) is 10.1. The van der Waals surface area contributed by atoms with Crippen LogP contribution in [0, 0.1) is 5.92 Å². The molecule has 1 heterocycles. The number of carbonyl (C=O) groups excluding carboxylic acids is 1. The van der Waals surface area contributed by atoms with Crippen LogP contribution in [0.5, 0.6) is 0 Å². The van der Waals surface area contributed by atoms with Crippen LogP contribution in [-0.4, -0.2) is 34.5 Å². The fourth-order valence-electron chi connectivity index (χ4n) is 3.00. The highest BCUT2D eigenvalue weighted by atomic mass is 35.5. The number of halogens is 1. The molecule has 0 aliphatic carbocycles. The molecule has 1 aliphatic rings. The normalized spacial score (nSPS) is 14.9. The van der Waals surface area contributed by atoms with Gasteiger partial charge >= 0.3 is 0 Å². The Labute approximate surface area is 166 Å². The first kappa shape index (κ1) is 21.2. The number of hydrogen-bond acceptors (Lipinski definition) is 4. The van der Waals surface area contributed by atoms with Crippen LogP contribution in [0.25, 0.3) is 0 Å². The van der Waals surface area contributed by atoms with Gasteiger partial charge in [0.05, 0.1) is 10.6 Å². The Balaban J connectivity index is 0.00000261. The highest BCUT2D eigenvalue weighted by Crippen LogP contribution is 2.24. The average Bonchev–Trinajstić information content (AvgIpc) is 2.69. The summed E-state index contributed by atoms with van der Waals surface area (Å²) in [5.41, 5.74) is 1.08. The van der Waals surface area contributed by atoms with E-state index in [1.165, 1.54) is 23.5 Å². The summed E-state index contributed by atoms with van der Waals surface area (Å²) in [6.07, 6.45) is 1.58. The van der Waals surface area contributed by atoms with Gasteiger partial charge in [0.15, 0.2) is 0 Å². The van der Waals surface area contributed by atoms with E-state index < -0.39 is 10.0 Å². The largest absolute Gasteiger partial charge is 0.326 e. The molecule has 2 aromatic carbocycles. The summed E-state index contributed by atoms with van der Waals surface area (Å²) in [5, 5.41) is 6.08. The number of hydrogen-bond donors (Lipinski definition) is 2. The number of nitrogens with one attached hydrogen (secondary N) is 2. The lowest BCUT2D eigenvalue weighted by Gasteiger charge is -2.22. The van der Waals surface area contributed by atoms with Gasteiger partial charge in [-0.15, -0.1) is 12.4 Å². The van der Waals surface area contributed by atoms with E-state index in [9.17, 15) is 13.2 Å². The minimum absolute atomic E-state index is 0. The van der Waals surface area contributed by atoms with Crippen molar-refractivity contribution in [1.82, 2.24) is 5.32 Å². The Bertz CT molecular complexity index is 869. The molecule has 0 atom stereocenters. The first-order valence-electron chi connectivity index (χ1n) is 8.64. The molecule has 0 unspecified atom stereocenters. The third-order valence-corrected chi connectivity index (χ3v) is 6.37. The highest BCUT2D eigenvalue weighted by Gasteiger charge is 2.23. The molecular weight excluding hydrogens is 386 g/mol. The zero-order valence-electron chi connectivity index (χ0n) is 15.1. The lowest BCUT2D eigenvalue weighted by Crippen LogP contribution is -2.34. The standard InChI is InChI=1S/C19H23N3O3S.ClH/c1-22(17-7-3-2-4-8-17)26(24,25)18-9-5-6-16(14-18)21-19(23)15-10-12-20-13-11-15;/h2-9,14-15,20H,10-13H2,1H3,(H,21,23);1H. The zero-order valence-corrected chi connectivity index (χ0v) is 16.7. The fourth-order valence-corrected chi connectivity index (χ4v) is 4.24. The Hall–Kier alpha value is -2.09. The van der Waals surface area contributed by atoms with Gasteiger partial charge < -0.3 is 10.6 Å². The fraction of sp³-hybridized carbons (Fsp3) is 0.316. The Morgan fingerprint density at radius 1 is 1.07 bits per heavy atom. The number of amides is 1. The summed E-state index contributed by atoms with van der Waals surface area (Å²) in [6.45, 7) is 1.66. The number of carbonyl (C=O) groups is 1. The van der Waals surface area contributed by atoms with E-state index in [0.717, 1.165) is 25.9 Å². The predicted molar refractivity (Wildman–Crippen MR) is 110 cm³/mol. The third kappa shape index (κ3) is 5.00. The van der Waals surface area contributed by atoms with Crippen LogP contribution >= 0.6 is 12.4 Å². The van der Waals surface area contributed by atoms with Crippen molar-refractivity contribution in [3.63, 3.8) is 0 Å². The topological polar surface area (TPSA) is 78.5 Å². The second-order valence-electron chi connectivity index (χ2n) is 6.35. The molecule has 1 fully saturated rings. The lowest BCUT2D eigenvalue weighted by molar-refractivity contribution is -0.120. The summed E-state index contributed by atoms with van der Waals surface area (Å²) in [4.78, 5) is 12.5. The molecule has 1 saturated heterocycles. The van der Waals surface area contributed by atoms with Crippen molar-refractivity contribution in [2.75, 3.05) is 29.8 Å². The maximum Gasteiger partial charge on any atom is 0.264 e. The molecule has 2 aromatic rings. The van der Waals surface area contributed by atoms with Crippen molar-refractivity contribution in [2.45, 2.75) is 17.7 Å². The minimum atomic E-state index is -3.70. The van der Waals surface area contributed by atoms with Crippen LogP contribution < -0.4 is 14.9 Å². The van der Waals surface area contributed by atoms with Gasteiger partial charge in [-0.25, -0.2) is 8.42 Å². The monoisotopic (exact) mass is 409 g/mol. The molecule has 0 bridgehead atoms. The number of sulfonamides is 1. The SMILES string of the molecule is CN(c1ccccc1)S(=O)(=O)c1cccc(NC(=O)C2CCNCC2)c1.Cl. The van der Waals surface area contributed by atoms with Gasteiger partial charge in [0.25, 0.3) is 10.0 Å². The molecule has 6 nitrogen and oxygen atoms in total. The van der Waals surface area contributed by atoms with Gasteiger partial charge in [-0.2, -0.15) is 0 Å². The summed E-state index contributed by atoms with van der Waals surface area (Å²) >= 11 is 0. The van der Waals surface area contributed by atoms with Crippen molar-refractivity contribution >= 4 is 39.7 Å². The quantitative estimate of drug-likeness (QED) is 0.795. The van der Waals surface area contributed by atoms with Gasteiger partial charge in [0, 0.05) is 18.7 Å². The molecule has 0 radical (unpaired) electrons. The number of anilines is 2. The Morgan fingerprint density at radius 2 is 1.74 bits per heavy atom. The van der Waals surface area contributed by atoms with Crippen molar-refractivity contribution in [2.24, 2.45) is 5.92 Å². The molecule has 2 N–H and O–H groups in total. The Kier molecular flexibility index (Phi) is 7.24. The van der Waals surface area contributed by atoms with Gasteiger partial charge in [-0.05, 0) is 56.3 Å². The van der Waals surface area contributed by atoms with Crippen molar-refractivity contribution < 1.29 is 13.2 Å². The van der Waals surface area contributed by atoms with Gasteiger partial charge in [0.2, 0.25) is 5.91 Å².